The van der Waals surface area contributed by atoms with Crippen molar-refractivity contribution >= 4 is 34.7 Å². The van der Waals surface area contributed by atoms with Gasteiger partial charge in [-0.15, -0.1) is 0 Å². The highest BCUT2D eigenvalue weighted by Gasteiger charge is 2.32. The van der Waals surface area contributed by atoms with E-state index in [0.29, 0.717) is 16.1 Å². The van der Waals surface area contributed by atoms with E-state index in [1.807, 2.05) is 24.3 Å². The van der Waals surface area contributed by atoms with Gasteiger partial charge in [-0.3, -0.25) is 9.59 Å². The van der Waals surface area contributed by atoms with Crippen molar-refractivity contribution in [2.24, 2.45) is 5.84 Å². The van der Waals surface area contributed by atoms with Crippen molar-refractivity contribution in [2.75, 3.05) is 0 Å². The van der Waals surface area contributed by atoms with E-state index in [1.165, 1.54) is 0 Å². The molecule has 0 saturated carbocycles. The summed E-state index contributed by atoms with van der Waals surface area (Å²) in [6.07, 6.45) is 3.98. The Labute approximate surface area is 102 Å². The zero-order chi connectivity index (χ0) is 12.4. The summed E-state index contributed by atoms with van der Waals surface area (Å²) in [6.45, 7) is 0. The van der Waals surface area contributed by atoms with Crippen LogP contribution in [0.1, 0.15) is 31.8 Å². The minimum Gasteiger partial charge on any atom is -0.267 e. The highest BCUT2D eigenvalue weighted by atomic mass is 16.2. The van der Waals surface area contributed by atoms with Crippen LogP contribution >= 0.6 is 0 Å². The normalized spacial score (nSPS) is 15.9. The fourth-order valence-electron chi connectivity index (χ4n) is 2.71. The monoisotopic (exact) mass is 236 g/mol. The average Bonchev–Trinajstić information content (AvgIpc) is 2.81. The van der Waals surface area contributed by atoms with Gasteiger partial charge >= 0.3 is 0 Å². The van der Waals surface area contributed by atoms with Gasteiger partial charge in [0.25, 0.3) is 11.8 Å². The summed E-state index contributed by atoms with van der Waals surface area (Å²) in [5.74, 6) is 4.64. The molecule has 0 aromatic heterocycles. The van der Waals surface area contributed by atoms with Gasteiger partial charge in [0.15, 0.2) is 0 Å². The molecule has 2 amide bonds. The Hall–Kier alpha value is -2.46. The topological polar surface area (TPSA) is 63.4 Å². The van der Waals surface area contributed by atoms with E-state index < -0.39 is 11.8 Å². The lowest BCUT2D eigenvalue weighted by molar-refractivity contribution is 0.0610. The third kappa shape index (κ3) is 0.904. The minimum atomic E-state index is -0.442. The molecule has 4 heteroatoms. The molecular weight excluding hydrogens is 228 g/mol. The van der Waals surface area contributed by atoms with E-state index >= 15 is 0 Å². The molecule has 0 bridgehead atoms. The maximum atomic E-state index is 12.0. The third-order valence-electron chi connectivity index (χ3n) is 3.57. The highest BCUT2D eigenvalue weighted by molar-refractivity contribution is 6.27. The van der Waals surface area contributed by atoms with E-state index in [4.69, 9.17) is 5.84 Å². The highest BCUT2D eigenvalue weighted by Crippen LogP contribution is 2.37. The molecule has 0 radical (unpaired) electrons. The summed E-state index contributed by atoms with van der Waals surface area (Å²) in [4.78, 5) is 24.0. The lowest BCUT2D eigenvalue weighted by Gasteiger charge is -2.23. The number of hydrazine groups is 1. The van der Waals surface area contributed by atoms with Crippen LogP contribution in [-0.2, 0) is 0 Å². The van der Waals surface area contributed by atoms with E-state index in [1.54, 1.807) is 12.1 Å². The number of hydrogen-bond donors (Lipinski definition) is 1. The number of hydrogen-bond acceptors (Lipinski definition) is 3. The van der Waals surface area contributed by atoms with Crippen molar-refractivity contribution in [3.63, 3.8) is 0 Å². The van der Waals surface area contributed by atoms with E-state index in [9.17, 15) is 9.59 Å². The summed E-state index contributed by atoms with van der Waals surface area (Å²) in [5.41, 5.74) is 3.07. The fourth-order valence-corrected chi connectivity index (χ4v) is 2.71. The van der Waals surface area contributed by atoms with E-state index in [0.717, 1.165) is 21.9 Å². The van der Waals surface area contributed by atoms with Crippen LogP contribution in [0.3, 0.4) is 0 Å². The quantitative estimate of drug-likeness (QED) is 0.367. The van der Waals surface area contributed by atoms with Crippen LogP contribution in [0.4, 0.5) is 0 Å². The number of amides is 2. The smallest absolute Gasteiger partial charge is 0.267 e. The standard InChI is InChI=1S/C14H8N2O2/c15-16-13(17)9-5-3-7-1-2-8-4-6-10(14(16)18)12(9)11(7)8/h1-6H,15H2. The van der Waals surface area contributed by atoms with Crippen LogP contribution in [0.25, 0.3) is 22.9 Å². The van der Waals surface area contributed by atoms with Gasteiger partial charge in [0, 0.05) is 5.39 Å². The Bertz CT molecular complexity index is 729. The molecule has 0 fully saturated rings. The summed E-state index contributed by atoms with van der Waals surface area (Å²) < 4.78 is 0. The van der Waals surface area contributed by atoms with Gasteiger partial charge in [0.2, 0.25) is 0 Å². The Morgan fingerprint density at radius 1 is 0.778 bits per heavy atom. The van der Waals surface area contributed by atoms with E-state index in [2.05, 4.69) is 0 Å². The number of carbonyl (C=O) groups is 2. The number of carbonyl (C=O) groups excluding carboxylic acids is 2. The summed E-state index contributed by atoms with van der Waals surface area (Å²) in [5, 5.41) is 2.38. The zero-order valence-electron chi connectivity index (χ0n) is 9.31. The predicted octanol–water partition coefficient (Wildman–Crippen LogP) is 1.79. The third-order valence-corrected chi connectivity index (χ3v) is 3.57. The van der Waals surface area contributed by atoms with Gasteiger partial charge in [-0.05, 0) is 28.6 Å². The lowest BCUT2D eigenvalue weighted by atomic mass is 9.91. The Balaban J connectivity index is 2.27. The van der Waals surface area contributed by atoms with Gasteiger partial charge < -0.3 is 0 Å². The lowest BCUT2D eigenvalue weighted by Crippen LogP contribution is -2.45. The molecule has 0 atom stereocenters. The maximum Gasteiger partial charge on any atom is 0.275 e. The number of imide groups is 1. The maximum absolute atomic E-state index is 12.0. The molecule has 4 nitrogen and oxygen atoms in total. The minimum absolute atomic E-state index is 0.442. The predicted molar refractivity (Wildman–Crippen MR) is 67.6 cm³/mol. The molecule has 1 aliphatic carbocycles. The number of nitrogens with two attached hydrogens (primary N) is 1. The second-order valence-electron chi connectivity index (χ2n) is 4.47. The van der Waals surface area contributed by atoms with Gasteiger partial charge in [-0.25, -0.2) is 10.9 Å². The molecule has 18 heavy (non-hydrogen) atoms. The first-order valence-electron chi connectivity index (χ1n) is 5.60. The average molecular weight is 236 g/mol. The molecule has 2 N–H and O–H groups in total. The molecule has 0 spiro atoms. The number of nitrogens with zero attached hydrogens (tertiary/aromatic N) is 1. The van der Waals surface area contributed by atoms with Crippen LogP contribution in [0, 0.1) is 0 Å². The molecule has 0 unspecified atom stereocenters. The van der Waals surface area contributed by atoms with Crippen LogP contribution in [-0.4, -0.2) is 16.8 Å². The van der Waals surface area contributed by atoms with E-state index in [-0.39, 0.29) is 0 Å². The van der Waals surface area contributed by atoms with Gasteiger partial charge in [-0.1, -0.05) is 24.3 Å². The second-order valence-corrected chi connectivity index (χ2v) is 4.47. The Morgan fingerprint density at radius 3 is 1.78 bits per heavy atom. The van der Waals surface area contributed by atoms with Crippen molar-refractivity contribution in [3.05, 3.63) is 46.5 Å². The first-order valence-corrected chi connectivity index (χ1v) is 5.60. The second kappa shape index (κ2) is 2.86. The van der Waals surface area contributed by atoms with Gasteiger partial charge in [-0.2, -0.15) is 0 Å². The van der Waals surface area contributed by atoms with Crippen molar-refractivity contribution in [2.45, 2.75) is 0 Å². The van der Waals surface area contributed by atoms with Crippen molar-refractivity contribution in [1.82, 2.24) is 5.01 Å². The molecular formula is C14H8N2O2. The Kier molecular flexibility index (Phi) is 1.52. The first kappa shape index (κ1) is 9.56. The fraction of sp³-hybridized carbons (Fsp3) is 0. The molecule has 1 heterocycles. The first-order chi connectivity index (χ1) is 8.68. The van der Waals surface area contributed by atoms with Gasteiger partial charge in [0.1, 0.15) is 0 Å². The van der Waals surface area contributed by atoms with Crippen LogP contribution in [0.15, 0.2) is 24.3 Å². The Morgan fingerprint density at radius 2 is 1.28 bits per heavy atom. The van der Waals surface area contributed by atoms with Crippen LogP contribution in [0.2, 0.25) is 0 Å². The van der Waals surface area contributed by atoms with Crippen LogP contribution in [0.5, 0.6) is 0 Å². The van der Waals surface area contributed by atoms with Crippen molar-refractivity contribution < 1.29 is 9.59 Å². The van der Waals surface area contributed by atoms with Crippen molar-refractivity contribution in [3.8, 4) is 0 Å². The van der Waals surface area contributed by atoms with Crippen molar-refractivity contribution in [1.29, 1.82) is 0 Å². The zero-order valence-corrected chi connectivity index (χ0v) is 9.31. The molecule has 86 valence electrons. The molecule has 2 aromatic carbocycles. The summed E-state index contributed by atoms with van der Waals surface area (Å²) in [6, 6.07) is 7.23. The molecule has 2 aromatic rings. The number of benzene rings is 2. The number of rotatable bonds is 0. The SMILES string of the molecule is NN1C(=O)c2ccc3c4c(ccc(c24)C1=O)C=C3. The summed E-state index contributed by atoms with van der Waals surface area (Å²) in [7, 11) is 0. The molecule has 2 aliphatic rings. The molecule has 0 saturated heterocycles. The van der Waals surface area contributed by atoms with Gasteiger partial charge in [0.05, 0.1) is 11.1 Å². The largest absolute Gasteiger partial charge is 0.275 e. The molecule has 1 aliphatic heterocycles. The summed E-state index contributed by atoms with van der Waals surface area (Å²) >= 11 is 0. The molecule has 4 rings (SSSR count). The van der Waals surface area contributed by atoms with Crippen LogP contribution < -0.4 is 5.84 Å².